The molecule has 1 unspecified atom stereocenters. The van der Waals surface area contributed by atoms with Crippen LogP contribution in [0.4, 0.5) is 0 Å². The van der Waals surface area contributed by atoms with Crippen LogP contribution in [-0.2, 0) is 9.05 Å². The fourth-order valence-corrected chi connectivity index (χ4v) is 2.97. The highest BCUT2D eigenvalue weighted by Crippen LogP contribution is 2.55. The molecule has 50 valence electrons. The third kappa shape index (κ3) is 2.51. The lowest BCUT2D eigenvalue weighted by Gasteiger charge is -2.02. The predicted molar refractivity (Wildman–Crippen MR) is 36.9 cm³/mol. The van der Waals surface area contributed by atoms with E-state index in [0.29, 0.717) is 0 Å². The Morgan fingerprint density at radius 1 is 1.89 bits per heavy atom. The van der Waals surface area contributed by atoms with Gasteiger partial charge in [-0.05, 0) is 0 Å². The molecule has 1 saturated heterocycles. The first-order valence-corrected chi connectivity index (χ1v) is 5.26. The first kappa shape index (κ1) is 7.30. The van der Waals surface area contributed by atoms with Gasteiger partial charge in [0.2, 0.25) is 7.58 Å². The summed E-state index contributed by atoms with van der Waals surface area (Å²) in [5.74, 6) is 0.997. The molecule has 0 aliphatic carbocycles. The van der Waals surface area contributed by atoms with Gasteiger partial charge in [-0.1, -0.05) is 11.4 Å². The molecular formula is C4H6NO2PS. The minimum atomic E-state index is -0.757. The van der Waals surface area contributed by atoms with Crippen molar-refractivity contribution in [2.45, 2.75) is 0 Å². The second-order valence-corrected chi connectivity index (χ2v) is 4.62. The number of nitriles is 1. The lowest BCUT2D eigenvalue weighted by molar-refractivity contribution is 0.305. The predicted octanol–water partition coefficient (Wildman–Crippen LogP) is 1.52. The van der Waals surface area contributed by atoms with E-state index in [0.717, 1.165) is 12.4 Å². The number of hydrogen-bond acceptors (Lipinski definition) is 4. The summed E-state index contributed by atoms with van der Waals surface area (Å²) in [6, 6.07) is 1.90. The third-order valence-corrected chi connectivity index (χ3v) is 3.82. The van der Waals surface area contributed by atoms with Gasteiger partial charge < -0.3 is 9.05 Å². The maximum atomic E-state index is 8.10. The summed E-state index contributed by atoms with van der Waals surface area (Å²) in [6.45, 7) is 0.917. The van der Waals surface area contributed by atoms with Gasteiger partial charge in [0, 0.05) is 5.75 Å². The quantitative estimate of drug-likeness (QED) is 0.579. The van der Waals surface area contributed by atoms with Crippen molar-refractivity contribution in [1.82, 2.24) is 0 Å². The maximum absolute atomic E-state index is 8.10. The average molecular weight is 163 g/mol. The molecular weight excluding hydrogens is 157 g/mol. The van der Waals surface area contributed by atoms with E-state index in [2.05, 4.69) is 0 Å². The zero-order valence-electron chi connectivity index (χ0n) is 4.74. The molecule has 1 fully saturated rings. The Hall–Kier alpha value is 0.190. The molecule has 3 nitrogen and oxygen atoms in total. The zero-order valence-corrected chi connectivity index (χ0v) is 6.45. The van der Waals surface area contributed by atoms with Crippen molar-refractivity contribution in [3.05, 3.63) is 0 Å². The Morgan fingerprint density at radius 2 is 2.78 bits per heavy atom. The minimum Gasteiger partial charge on any atom is -0.325 e. The van der Waals surface area contributed by atoms with Gasteiger partial charge in [-0.3, -0.25) is 0 Å². The Morgan fingerprint density at radius 3 is 3.33 bits per heavy atom. The van der Waals surface area contributed by atoms with Crippen molar-refractivity contribution in [3.8, 4) is 6.07 Å². The average Bonchev–Trinajstić information content (AvgIpc) is 2.34. The molecule has 9 heavy (non-hydrogen) atoms. The second-order valence-electron chi connectivity index (χ2n) is 1.32. The lowest BCUT2D eigenvalue weighted by Crippen LogP contribution is -1.82. The summed E-state index contributed by atoms with van der Waals surface area (Å²) < 4.78 is 10.1. The van der Waals surface area contributed by atoms with Crippen LogP contribution in [-0.4, -0.2) is 19.0 Å². The molecule has 0 saturated carbocycles. The molecule has 1 aliphatic rings. The molecule has 1 atom stereocenters. The first-order chi connectivity index (χ1) is 4.43. The molecule has 0 spiro atoms. The van der Waals surface area contributed by atoms with Crippen molar-refractivity contribution in [2.24, 2.45) is 0 Å². The van der Waals surface area contributed by atoms with Gasteiger partial charge in [-0.25, -0.2) is 0 Å². The number of hydrogen-bond donors (Lipinski definition) is 0. The van der Waals surface area contributed by atoms with Crippen molar-refractivity contribution in [3.63, 3.8) is 0 Å². The van der Waals surface area contributed by atoms with Crippen LogP contribution >= 0.6 is 19.0 Å². The minimum absolute atomic E-state index is 0.151. The third-order valence-electron chi connectivity index (χ3n) is 0.711. The van der Waals surface area contributed by atoms with E-state index in [9.17, 15) is 0 Å². The summed E-state index contributed by atoms with van der Waals surface area (Å²) >= 11 is 1.65. The topological polar surface area (TPSA) is 42.2 Å². The fraction of sp³-hybridized carbons (Fsp3) is 0.750. The highest BCUT2D eigenvalue weighted by atomic mass is 32.7. The van der Waals surface area contributed by atoms with E-state index < -0.39 is 7.58 Å². The Labute approximate surface area is 59.0 Å². The molecule has 1 rings (SSSR count). The Bertz CT molecular complexity index is 120. The molecule has 0 amide bonds. The molecule has 0 radical (unpaired) electrons. The van der Waals surface area contributed by atoms with Gasteiger partial charge in [0.05, 0.1) is 12.7 Å². The normalized spacial score (nSPS) is 25.9. The fourth-order valence-electron chi connectivity index (χ4n) is 0.417. The summed E-state index contributed by atoms with van der Waals surface area (Å²) in [6.07, 6.45) is 0. The highest BCUT2D eigenvalue weighted by molar-refractivity contribution is 8.53. The van der Waals surface area contributed by atoms with Gasteiger partial charge in [0.25, 0.3) is 0 Å². The van der Waals surface area contributed by atoms with Crippen molar-refractivity contribution in [2.75, 3.05) is 19.0 Å². The standard InChI is InChI=1S/C4H6NO2PS/c5-1-2-6-8-7-3-4-9-8/h2-4H2. The van der Waals surface area contributed by atoms with E-state index >= 15 is 0 Å². The Kier molecular flexibility index (Phi) is 3.31. The summed E-state index contributed by atoms with van der Waals surface area (Å²) in [7, 11) is -0.757. The molecule has 0 N–H and O–H groups in total. The highest BCUT2D eigenvalue weighted by Gasteiger charge is 2.17. The van der Waals surface area contributed by atoms with E-state index in [-0.39, 0.29) is 6.61 Å². The molecule has 0 aromatic rings. The Balaban J connectivity index is 2.06. The van der Waals surface area contributed by atoms with Gasteiger partial charge in [0.1, 0.15) is 6.61 Å². The maximum Gasteiger partial charge on any atom is 0.239 e. The number of rotatable bonds is 2. The van der Waals surface area contributed by atoms with Crippen LogP contribution in [0.3, 0.4) is 0 Å². The van der Waals surface area contributed by atoms with E-state index in [4.69, 9.17) is 14.3 Å². The van der Waals surface area contributed by atoms with Crippen LogP contribution in [0.25, 0.3) is 0 Å². The number of nitrogens with zero attached hydrogens (tertiary/aromatic N) is 1. The van der Waals surface area contributed by atoms with E-state index in [1.54, 1.807) is 11.4 Å². The van der Waals surface area contributed by atoms with Crippen molar-refractivity contribution >= 4 is 19.0 Å². The van der Waals surface area contributed by atoms with Gasteiger partial charge in [-0.2, -0.15) is 5.26 Å². The van der Waals surface area contributed by atoms with E-state index in [1.807, 2.05) is 6.07 Å². The SMILES string of the molecule is N#CCOP1OCCS1. The smallest absolute Gasteiger partial charge is 0.239 e. The zero-order chi connectivity index (χ0) is 6.53. The monoisotopic (exact) mass is 163 g/mol. The van der Waals surface area contributed by atoms with Crippen LogP contribution in [0, 0.1) is 11.3 Å². The summed E-state index contributed by atoms with van der Waals surface area (Å²) in [5.41, 5.74) is 0. The van der Waals surface area contributed by atoms with Crippen LogP contribution < -0.4 is 0 Å². The summed E-state index contributed by atoms with van der Waals surface area (Å²) in [4.78, 5) is 0. The molecule has 1 heterocycles. The molecule has 5 heteroatoms. The van der Waals surface area contributed by atoms with Crippen LogP contribution in [0.15, 0.2) is 0 Å². The van der Waals surface area contributed by atoms with Crippen LogP contribution in [0.5, 0.6) is 0 Å². The van der Waals surface area contributed by atoms with Crippen LogP contribution in [0.2, 0.25) is 0 Å². The van der Waals surface area contributed by atoms with Crippen molar-refractivity contribution in [1.29, 1.82) is 5.26 Å². The second kappa shape index (κ2) is 4.08. The molecule has 0 aromatic carbocycles. The lowest BCUT2D eigenvalue weighted by atomic mass is 10.9. The van der Waals surface area contributed by atoms with Gasteiger partial charge in [-0.15, -0.1) is 0 Å². The molecule has 0 bridgehead atoms. The van der Waals surface area contributed by atoms with Crippen LogP contribution in [0.1, 0.15) is 0 Å². The molecule has 0 aromatic heterocycles. The summed E-state index contributed by atoms with van der Waals surface area (Å²) in [5, 5.41) is 8.10. The largest absolute Gasteiger partial charge is 0.325 e. The first-order valence-electron chi connectivity index (χ1n) is 2.49. The van der Waals surface area contributed by atoms with Gasteiger partial charge >= 0.3 is 0 Å². The molecule has 1 aliphatic heterocycles. The van der Waals surface area contributed by atoms with Crippen molar-refractivity contribution < 1.29 is 9.05 Å². The van der Waals surface area contributed by atoms with Gasteiger partial charge in [0.15, 0.2) is 0 Å². The van der Waals surface area contributed by atoms with E-state index in [1.165, 1.54) is 0 Å².